The molecule has 0 radical (unpaired) electrons. The molecule has 0 aliphatic heterocycles. The molecule has 0 aliphatic rings. The molecule has 0 saturated heterocycles. The van der Waals surface area contributed by atoms with Crippen molar-refractivity contribution in [3.8, 4) is 0 Å². The van der Waals surface area contributed by atoms with Gasteiger partial charge in [-0.15, -0.1) is 0 Å². The molecule has 0 spiro atoms. The fourth-order valence-corrected chi connectivity index (χ4v) is 3.13. The van der Waals surface area contributed by atoms with Crippen LogP contribution in [0.3, 0.4) is 0 Å². The second-order valence-electron chi connectivity index (χ2n) is 8.66. The molecule has 164 valence electrons. The van der Waals surface area contributed by atoms with Crippen LogP contribution in [0.4, 0.5) is 0 Å². The second-order valence-corrected chi connectivity index (χ2v) is 8.66. The first-order chi connectivity index (χ1) is 13.3. The highest BCUT2D eigenvalue weighted by molar-refractivity contribution is 5.78. The highest BCUT2D eigenvalue weighted by Crippen LogP contribution is 2.20. The maximum Gasteiger partial charge on any atom is 0.305 e. The molecule has 0 fully saturated rings. The van der Waals surface area contributed by atoms with E-state index in [2.05, 4.69) is 13.8 Å². The van der Waals surface area contributed by atoms with Crippen LogP contribution in [0.2, 0.25) is 0 Å². The Morgan fingerprint density at radius 2 is 1.57 bits per heavy atom. The third kappa shape index (κ3) is 15.6. The summed E-state index contributed by atoms with van der Waals surface area (Å²) in [6, 6.07) is 0. The zero-order chi connectivity index (χ0) is 21.3. The Hall–Kier alpha value is -1.39. The molecule has 0 aromatic rings. The minimum atomic E-state index is -0.396. The SMILES string of the molecule is CCCCCCCCCC(=O)CC(CC)CCC(=O)OCC(C)(C)COC=O. The van der Waals surface area contributed by atoms with Crippen LogP contribution < -0.4 is 0 Å². The number of carbonyl (C=O) groups excluding carboxylic acids is 3. The van der Waals surface area contributed by atoms with Crippen LogP contribution in [-0.4, -0.2) is 31.4 Å². The van der Waals surface area contributed by atoms with Gasteiger partial charge in [0.25, 0.3) is 6.47 Å². The number of hydrogen-bond donors (Lipinski definition) is 0. The van der Waals surface area contributed by atoms with Crippen LogP contribution in [0.25, 0.3) is 0 Å². The van der Waals surface area contributed by atoms with Gasteiger partial charge < -0.3 is 9.47 Å². The topological polar surface area (TPSA) is 69.7 Å². The van der Waals surface area contributed by atoms with Gasteiger partial charge in [0, 0.05) is 24.7 Å². The first-order valence-corrected chi connectivity index (χ1v) is 11.1. The van der Waals surface area contributed by atoms with Crippen molar-refractivity contribution in [3.63, 3.8) is 0 Å². The van der Waals surface area contributed by atoms with Crippen molar-refractivity contribution in [2.45, 2.75) is 105 Å². The molecule has 0 amide bonds. The van der Waals surface area contributed by atoms with Gasteiger partial charge in [0.2, 0.25) is 0 Å². The summed E-state index contributed by atoms with van der Waals surface area (Å²) >= 11 is 0. The fraction of sp³-hybridized carbons (Fsp3) is 0.870. The predicted molar refractivity (Wildman–Crippen MR) is 112 cm³/mol. The van der Waals surface area contributed by atoms with Gasteiger partial charge in [0.05, 0.1) is 13.2 Å². The van der Waals surface area contributed by atoms with E-state index in [1.165, 1.54) is 32.1 Å². The number of rotatable bonds is 19. The lowest BCUT2D eigenvalue weighted by atomic mass is 9.92. The summed E-state index contributed by atoms with van der Waals surface area (Å²) in [5.74, 6) is 0.314. The van der Waals surface area contributed by atoms with Crippen molar-refractivity contribution >= 4 is 18.2 Å². The Labute approximate surface area is 171 Å². The van der Waals surface area contributed by atoms with Crippen molar-refractivity contribution in [1.29, 1.82) is 0 Å². The Kier molecular flexibility index (Phi) is 15.7. The molecule has 0 heterocycles. The molecule has 28 heavy (non-hydrogen) atoms. The van der Waals surface area contributed by atoms with Crippen LogP contribution in [-0.2, 0) is 23.9 Å². The lowest BCUT2D eigenvalue weighted by Gasteiger charge is -2.22. The van der Waals surface area contributed by atoms with E-state index in [9.17, 15) is 14.4 Å². The smallest absolute Gasteiger partial charge is 0.305 e. The number of Topliss-reactive ketones (excluding diaryl/α,β-unsaturated/α-hetero) is 1. The first kappa shape index (κ1) is 26.6. The molecule has 0 rings (SSSR count). The van der Waals surface area contributed by atoms with Gasteiger partial charge in [0.15, 0.2) is 0 Å². The Bertz CT molecular complexity index is 431. The number of ketones is 1. The van der Waals surface area contributed by atoms with Gasteiger partial charge in [-0.25, -0.2) is 0 Å². The summed E-state index contributed by atoms with van der Waals surface area (Å²) in [5.41, 5.74) is -0.396. The minimum Gasteiger partial charge on any atom is -0.467 e. The molecule has 0 aliphatic carbocycles. The van der Waals surface area contributed by atoms with E-state index in [-0.39, 0.29) is 25.1 Å². The van der Waals surface area contributed by atoms with E-state index >= 15 is 0 Å². The van der Waals surface area contributed by atoms with Crippen molar-refractivity contribution in [2.24, 2.45) is 11.3 Å². The van der Waals surface area contributed by atoms with E-state index in [0.717, 1.165) is 19.3 Å². The number of hydrogen-bond acceptors (Lipinski definition) is 5. The summed E-state index contributed by atoms with van der Waals surface area (Å²) < 4.78 is 10.0. The molecule has 5 heteroatoms. The number of carbonyl (C=O) groups is 3. The molecule has 0 aromatic carbocycles. The van der Waals surface area contributed by atoms with Crippen molar-refractivity contribution < 1.29 is 23.9 Å². The van der Waals surface area contributed by atoms with E-state index in [0.29, 0.717) is 37.9 Å². The quantitative estimate of drug-likeness (QED) is 0.160. The molecule has 0 saturated carbocycles. The van der Waals surface area contributed by atoms with Gasteiger partial charge in [-0.2, -0.15) is 0 Å². The van der Waals surface area contributed by atoms with Crippen molar-refractivity contribution in [2.75, 3.05) is 13.2 Å². The molecular weight excluding hydrogens is 356 g/mol. The third-order valence-electron chi connectivity index (χ3n) is 5.08. The maximum atomic E-state index is 12.2. The predicted octanol–water partition coefficient (Wildman–Crippen LogP) is 5.64. The molecule has 1 unspecified atom stereocenters. The zero-order valence-electron chi connectivity index (χ0n) is 18.6. The Morgan fingerprint density at radius 1 is 0.929 bits per heavy atom. The van der Waals surface area contributed by atoms with Gasteiger partial charge in [0.1, 0.15) is 5.78 Å². The van der Waals surface area contributed by atoms with E-state index < -0.39 is 5.41 Å². The van der Waals surface area contributed by atoms with E-state index in [1.807, 2.05) is 13.8 Å². The number of unbranched alkanes of at least 4 members (excludes halogenated alkanes) is 6. The van der Waals surface area contributed by atoms with Crippen LogP contribution in [0.5, 0.6) is 0 Å². The highest BCUT2D eigenvalue weighted by atomic mass is 16.5. The normalized spacial score (nSPS) is 12.4. The summed E-state index contributed by atoms with van der Waals surface area (Å²) in [7, 11) is 0. The molecule has 5 nitrogen and oxygen atoms in total. The van der Waals surface area contributed by atoms with E-state index in [4.69, 9.17) is 9.47 Å². The largest absolute Gasteiger partial charge is 0.467 e. The average molecular weight is 399 g/mol. The van der Waals surface area contributed by atoms with Crippen molar-refractivity contribution in [3.05, 3.63) is 0 Å². The van der Waals surface area contributed by atoms with Crippen LogP contribution in [0, 0.1) is 11.3 Å². The molecule has 0 N–H and O–H groups in total. The van der Waals surface area contributed by atoms with Crippen molar-refractivity contribution in [1.82, 2.24) is 0 Å². The van der Waals surface area contributed by atoms with Gasteiger partial charge in [-0.1, -0.05) is 72.6 Å². The molecule has 0 aromatic heterocycles. The fourth-order valence-electron chi connectivity index (χ4n) is 3.13. The van der Waals surface area contributed by atoms with Gasteiger partial charge in [-0.05, 0) is 18.8 Å². The summed E-state index contributed by atoms with van der Waals surface area (Å²) in [6.45, 7) is 8.87. The maximum absolute atomic E-state index is 12.2. The van der Waals surface area contributed by atoms with Crippen LogP contribution in [0.1, 0.15) is 105 Å². The molecule has 0 bridgehead atoms. The Morgan fingerprint density at radius 3 is 2.18 bits per heavy atom. The minimum absolute atomic E-state index is 0.216. The molecular formula is C23H42O5. The molecule has 1 atom stereocenters. The van der Waals surface area contributed by atoms with Gasteiger partial charge in [-0.3, -0.25) is 14.4 Å². The zero-order valence-corrected chi connectivity index (χ0v) is 18.6. The first-order valence-electron chi connectivity index (χ1n) is 11.1. The highest BCUT2D eigenvalue weighted by Gasteiger charge is 2.22. The van der Waals surface area contributed by atoms with Gasteiger partial charge >= 0.3 is 5.97 Å². The third-order valence-corrected chi connectivity index (χ3v) is 5.08. The summed E-state index contributed by atoms with van der Waals surface area (Å²) in [5, 5.41) is 0. The van der Waals surface area contributed by atoms with Crippen LogP contribution in [0.15, 0.2) is 0 Å². The van der Waals surface area contributed by atoms with Crippen LogP contribution >= 0.6 is 0 Å². The van der Waals surface area contributed by atoms with E-state index in [1.54, 1.807) is 0 Å². The lowest BCUT2D eigenvalue weighted by Crippen LogP contribution is -2.27. The average Bonchev–Trinajstić information content (AvgIpc) is 2.67. The number of esters is 1. The Balaban J connectivity index is 3.93. The summed E-state index contributed by atoms with van der Waals surface area (Å²) in [4.78, 5) is 34.4. The second kappa shape index (κ2) is 16.6. The summed E-state index contributed by atoms with van der Waals surface area (Å²) in [6.07, 6.45) is 11.7. The number of ether oxygens (including phenoxy) is 2. The standard InChI is InChI=1S/C23H42O5/c1-5-7-8-9-10-11-12-13-21(25)16-20(6-2)14-15-22(26)28-18-23(3,4)17-27-19-24/h19-20H,5-18H2,1-4H3. The lowest BCUT2D eigenvalue weighted by molar-refractivity contribution is -0.149. The monoisotopic (exact) mass is 398 g/mol.